The van der Waals surface area contributed by atoms with Crippen LogP contribution in [0.3, 0.4) is 0 Å². The van der Waals surface area contributed by atoms with Gasteiger partial charge in [-0.05, 0) is 12.8 Å². The Hall–Kier alpha value is -2.06. The van der Waals surface area contributed by atoms with Gasteiger partial charge in [-0.2, -0.15) is 9.90 Å². The zero-order chi connectivity index (χ0) is 17.8. The van der Waals surface area contributed by atoms with Crippen molar-refractivity contribution in [2.24, 2.45) is 18.4 Å². The Balaban J connectivity index is 1.33. The summed E-state index contributed by atoms with van der Waals surface area (Å²) in [6.07, 6.45) is 2.01. The van der Waals surface area contributed by atoms with Crippen LogP contribution in [0.1, 0.15) is 36.2 Å². The number of aryl methyl sites for hydroxylation is 1. The van der Waals surface area contributed by atoms with Gasteiger partial charge in [0.2, 0.25) is 11.8 Å². The van der Waals surface area contributed by atoms with Crippen LogP contribution in [-0.2, 0) is 11.8 Å². The first-order chi connectivity index (χ1) is 11.8. The Morgan fingerprint density at radius 3 is 2.52 bits per heavy atom. The summed E-state index contributed by atoms with van der Waals surface area (Å²) in [6.45, 7) is 2.30. The molecule has 3 aliphatic rings. The first-order valence-electron chi connectivity index (χ1n) is 8.59. The van der Waals surface area contributed by atoms with Crippen LogP contribution in [0.25, 0.3) is 0 Å². The molecule has 9 heteroatoms. The van der Waals surface area contributed by atoms with Crippen molar-refractivity contribution in [3.63, 3.8) is 0 Å². The molecule has 2 amide bonds. The summed E-state index contributed by atoms with van der Waals surface area (Å²) < 4.78 is 26.7. The molecule has 2 aliphatic heterocycles. The van der Waals surface area contributed by atoms with Gasteiger partial charge in [0.25, 0.3) is 5.91 Å². The topological polar surface area (TPSA) is 71.3 Å². The van der Waals surface area contributed by atoms with Crippen molar-refractivity contribution in [2.75, 3.05) is 26.2 Å². The quantitative estimate of drug-likeness (QED) is 0.793. The molecule has 0 N–H and O–H groups in total. The number of amides is 2. The molecule has 1 atom stereocenters. The highest BCUT2D eigenvalue weighted by atomic mass is 19.3. The van der Waals surface area contributed by atoms with E-state index < -0.39 is 11.8 Å². The van der Waals surface area contributed by atoms with Crippen LogP contribution < -0.4 is 0 Å². The van der Waals surface area contributed by atoms with Crippen LogP contribution in [0.4, 0.5) is 8.78 Å². The number of likely N-dealkylation sites (tertiary alicyclic amines) is 2. The number of alkyl halides is 2. The number of carbonyl (C=O) groups excluding carboxylic acids is 2. The highest BCUT2D eigenvalue weighted by Gasteiger charge is 2.52. The van der Waals surface area contributed by atoms with Gasteiger partial charge in [0.1, 0.15) is 0 Å². The summed E-state index contributed by atoms with van der Waals surface area (Å²) in [5.74, 6) is -3.55. The lowest BCUT2D eigenvalue weighted by Crippen LogP contribution is -2.59. The fourth-order valence-electron chi connectivity index (χ4n) is 4.31. The summed E-state index contributed by atoms with van der Waals surface area (Å²) in [6, 6.07) is 0. The van der Waals surface area contributed by atoms with Crippen LogP contribution in [0.15, 0.2) is 6.20 Å². The SMILES string of the molecule is Cn1ncc(C(=O)N2CC3(CCN(C(=O)C4CCC(F)(F)C4)C3)C2)n1. The molecule has 1 spiro atoms. The normalized spacial score (nSPS) is 26.9. The van der Waals surface area contributed by atoms with Gasteiger partial charge in [0, 0.05) is 57.4 Å². The molecule has 1 aliphatic carbocycles. The third-order valence-electron chi connectivity index (χ3n) is 5.66. The molecule has 2 saturated heterocycles. The molecule has 1 saturated carbocycles. The van der Waals surface area contributed by atoms with E-state index in [1.807, 2.05) is 0 Å². The molecule has 25 heavy (non-hydrogen) atoms. The second-order valence-electron chi connectivity index (χ2n) is 7.69. The molecule has 3 fully saturated rings. The molecule has 0 radical (unpaired) electrons. The van der Waals surface area contributed by atoms with E-state index in [-0.39, 0.29) is 36.5 Å². The number of rotatable bonds is 2. The number of carbonyl (C=O) groups is 2. The third-order valence-corrected chi connectivity index (χ3v) is 5.66. The van der Waals surface area contributed by atoms with E-state index in [0.717, 1.165) is 6.42 Å². The van der Waals surface area contributed by atoms with Gasteiger partial charge in [0.15, 0.2) is 5.69 Å². The molecule has 4 rings (SSSR count). The first-order valence-corrected chi connectivity index (χ1v) is 8.59. The van der Waals surface area contributed by atoms with Gasteiger partial charge in [-0.15, -0.1) is 5.10 Å². The summed E-state index contributed by atoms with van der Waals surface area (Å²) in [7, 11) is 1.65. The van der Waals surface area contributed by atoms with Gasteiger partial charge < -0.3 is 9.80 Å². The number of hydrogen-bond donors (Lipinski definition) is 0. The lowest BCUT2D eigenvalue weighted by atomic mass is 9.79. The molecule has 0 aromatic carbocycles. The van der Waals surface area contributed by atoms with Gasteiger partial charge in [-0.25, -0.2) is 8.78 Å². The number of nitrogens with zero attached hydrogens (tertiary/aromatic N) is 5. The lowest BCUT2D eigenvalue weighted by Gasteiger charge is -2.47. The van der Waals surface area contributed by atoms with Gasteiger partial charge in [-0.1, -0.05) is 0 Å². The van der Waals surface area contributed by atoms with Crippen molar-refractivity contribution in [3.05, 3.63) is 11.9 Å². The number of hydrogen-bond acceptors (Lipinski definition) is 4. The highest BCUT2D eigenvalue weighted by molar-refractivity contribution is 5.92. The maximum atomic E-state index is 13.3. The molecule has 1 unspecified atom stereocenters. The predicted molar refractivity (Wildman–Crippen MR) is 82.8 cm³/mol. The van der Waals surface area contributed by atoms with Crippen molar-refractivity contribution in [3.8, 4) is 0 Å². The zero-order valence-corrected chi connectivity index (χ0v) is 14.1. The van der Waals surface area contributed by atoms with Gasteiger partial charge >= 0.3 is 0 Å². The van der Waals surface area contributed by atoms with E-state index in [0.29, 0.717) is 31.9 Å². The second-order valence-corrected chi connectivity index (χ2v) is 7.69. The maximum Gasteiger partial charge on any atom is 0.276 e. The Kier molecular flexibility index (Phi) is 3.59. The molecule has 3 heterocycles. The standard InChI is InChI=1S/C16H21F2N5O2/c1-21-19-7-12(20-21)14(25)23-9-15(10-23)4-5-22(8-15)13(24)11-2-3-16(17,18)6-11/h7,11H,2-6,8-10H2,1H3. The van der Waals surface area contributed by atoms with Crippen molar-refractivity contribution in [1.29, 1.82) is 0 Å². The number of aromatic nitrogens is 3. The monoisotopic (exact) mass is 353 g/mol. The van der Waals surface area contributed by atoms with Crippen LogP contribution in [-0.4, -0.2) is 68.7 Å². The average Bonchev–Trinajstić information content (AvgIpc) is 3.22. The lowest BCUT2D eigenvalue weighted by molar-refractivity contribution is -0.136. The fraction of sp³-hybridized carbons (Fsp3) is 0.750. The molecular weight excluding hydrogens is 332 g/mol. The van der Waals surface area contributed by atoms with E-state index in [2.05, 4.69) is 10.2 Å². The Morgan fingerprint density at radius 1 is 1.20 bits per heavy atom. The van der Waals surface area contributed by atoms with Gasteiger partial charge in [0.05, 0.1) is 6.20 Å². The average molecular weight is 353 g/mol. The minimum absolute atomic E-state index is 0.0886. The molecular formula is C16H21F2N5O2. The summed E-state index contributed by atoms with van der Waals surface area (Å²) in [5, 5.41) is 7.92. The van der Waals surface area contributed by atoms with Crippen LogP contribution in [0, 0.1) is 11.3 Å². The summed E-state index contributed by atoms with van der Waals surface area (Å²) in [4.78, 5) is 29.6. The van der Waals surface area contributed by atoms with Crippen molar-refractivity contribution >= 4 is 11.8 Å². The molecule has 0 bridgehead atoms. The smallest absolute Gasteiger partial charge is 0.276 e. The minimum Gasteiger partial charge on any atom is -0.342 e. The van der Waals surface area contributed by atoms with Crippen LogP contribution in [0.2, 0.25) is 0 Å². The van der Waals surface area contributed by atoms with Crippen LogP contribution in [0.5, 0.6) is 0 Å². The van der Waals surface area contributed by atoms with Gasteiger partial charge in [-0.3, -0.25) is 9.59 Å². The van der Waals surface area contributed by atoms with E-state index >= 15 is 0 Å². The van der Waals surface area contributed by atoms with E-state index in [1.165, 1.54) is 11.0 Å². The summed E-state index contributed by atoms with van der Waals surface area (Å²) >= 11 is 0. The Bertz CT molecular complexity index is 713. The van der Waals surface area contributed by atoms with Crippen molar-refractivity contribution < 1.29 is 18.4 Å². The zero-order valence-electron chi connectivity index (χ0n) is 14.1. The Labute approximate surface area is 143 Å². The van der Waals surface area contributed by atoms with Crippen LogP contribution >= 0.6 is 0 Å². The Morgan fingerprint density at radius 2 is 1.92 bits per heavy atom. The van der Waals surface area contributed by atoms with Crippen molar-refractivity contribution in [2.45, 2.75) is 31.6 Å². The van der Waals surface area contributed by atoms with E-state index in [1.54, 1.807) is 16.8 Å². The molecule has 7 nitrogen and oxygen atoms in total. The third kappa shape index (κ3) is 2.89. The van der Waals surface area contributed by atoms with Crippen molar-refractivity contribution in [1.82, 2.24) is 24.8 Å². The van der Waals surface area contributed by atoms with E-state index in [9.17, 15) is 18.4 Å². The predicted octanol–water partition coefficient (Wildman–Crippen LogP) is 0.925. The minimum atomic E-state index is -2.70. The largest absolute Gasteiger partial charge is 0.342 e. The fourth-order valence-corrected chi connectivity index (χ4v) is 4.31. The second kappa shape index (κ2) is 5.47. The molecule has 1 aromatic heterocycles. The maximum absolute atomic E-state index is 13.3. The molecule has 136 valence electrons. The number of halogens is 2. The first kappa shape index (κ1) is 16.4. The summed E-state index contributed by atoms with van der Waals surface area (Å²) in [5.41, 5.74) is 0.228. The molecule has 1 aromatic rings. The van der Waals surface area contributed by atoms with E-state index in [4.69, 9.17) is 0 Å². The highest BCUT2D eigenvalue weighted by Crippen LogP contribution is 2.43.